The second kappa shape index (κ2) is 12.6. The zero-order valence-electron chi connectivity index (χ0n) is 20.1. The lowest BCUT2D eigenvalue weighted by atomic mass is 9.96. The van der Waals surface area contributed by atoms with Crippen LogP contribution in [0.5, 0.6) is 11.8 Å². The molecule has 1 heterocycles. The molecule has 15 heteroatoms. The molecule has 0 saturated heterocycles. The number of ether oxygens (including phenoxy) is 5. The van der Waals surface area contributed by atoms with E-state index in [2.05, 4.69) is 24.8 Å². The first kappa shape index (κ1) is 28.3. The Morgan fingerprint density at radius 2 is 1.47 bits per heavy atom. The van der Waals surface area contributed by atoms with Gasteiger partial charge in [-0.25, -0.2) is 17.9 Å². The summed E-state index contributed by atoms with van der Waals surface area (Å²) in [5.41, 5.74) is 0.154. The highest BCUT2D eigenvalue weighted by atomic mass is 32.2. The Balaban J connectivity index is 2.30. The molecule has 0 bridgehead atoms. The number of nitrogens with one attached hydrogen (secondary N) is 2. The van der Waals surface area contributed by atoms with Crippen LogP contribution in [0.1, 0.15) is 5.56 Å². The maximum atomic E-state index is 13.0. The van der Waals surface area contributed by atoms with Gasteiger partial charge in [-0.2, -0.15) is 9.97 Å². The summed E-state index contributed by atoms with van der Waals surface area (Å²) in [5.74, 6) is -3.44. The molecule has 1 aromatic carbocycles. The Kier molecular flexibility index (Phi) is 9.93. The number of esters is 2. The summed E-state index contributed by atoms with van der Waals surface area (Å²) < 4.78 is 52.5. The maximum Gasteiger partial charge on any atom is 0.335 e. The highest BCUT2D eigenvalue weighted by Gasteiger charge is 2.38. The Bertz CT molecular complexity index is 1170. The Morgan fingerprint density at radius 1 is 0.917 bits per heavy atom. The Morgan fingerprint density at radius 3 is 1.97 bits per heavy atom. The molecule has 0 aliphatic rings. The molecule has 14 nitrogen and oxygen atoms in total. The van der Waals surface area contributed by atoms with Crippen molar-refractivity contribution in [2.75, 3.05) is 40.9 Å². The van der Waals surface area contributed by atoms with Crippen LogP contribution in [-0.4, -0.2) is 78.0 Å². The van der Waals surface area contributed by atoms with Crippen molar-refractivity contribution in [3.8, 4) is 11.8 Å². The van der Waals surface area contributed by atoms with Gasteiger partial charge in [-0.3, -0.25) is 14.9 Å². The minimum Gasteiger partial charge on any atom is -0.481 e. The van der Waals surface area contributed by atoms with Gasteiger partial charge in [0, 0.05) is 13.5 Å². The SMILES string of the molecule is COC(=O)C(C(=O)OC)C(Cc1ccccc1S(=O)(=O)NC(=O)Nc1nc(OC)cc(OC)n1)OC. The molecule has 0 radical (unpaired) electrons. The van der Waals surface area contributed by atoms with E-state index in [1.54, 1.807) is 6.07 Å². The molecule has 2 amide bonds. The summed E-state index contributed by atoms with van der Waals surface area (Å²) in [4.78, 5) is 44.3. The Hall–Kier alpha value is -3.98. The molecular weight excluding hydrogens is 500 g/mol. The predicted octanol–water partition coefficient (Wildman–Crippen LogP) is 0.524. The molecule has 0 aliphatic heterocycles. The topological polar surface area (TPSA) is 181 Å². The largest absolute Gasteiger partial charge is 0.481 e. The lowest BCUT2D eigenvalue weighted by Gasteiger charge is -2.23. The molecule has 0 spiro atoms. The number of hydrogen-bond donors (Lipinski definition) is 2. The summed E-state index contributed by atoms with van der Waals surface area (Å²) in [5, 5.41) is 2.19. The summed E-state index contributed by atoms with van der Waals surface area (Å²) >= 11 is 0. The van der Waals surface area contributed by atoms with Crippen molar-refractivity contribution in [3.05, 3.63) is 35.9 Å². The second-order valence-corrected chi connectivity index (χ2v) is 8.60. The minimum atomic E-state index is -4.44. The van der Waals surface area contributed by atoms with Gasteiger partial charge in [-0.15, -0.1) is 0 Å². The Labute approximate surface area is 207 Å². The van der Waals surface area contributed by atoms with Crippen LogP contribution in [0.15, 0.2) is 35.2 Å². The van der Waals surface area contributed by atoms with Gasteiger partial charge in [0.1, 0.15) is 0 Å². The van der Waals surface area contributed by atoms with Gasteiger partial charge in [0.05, 0.1) is 45.5 Å². The fraction of sp³-hybridized carbons (Fsp3) is 0.381. The molecule has 0 aliphatic carbocycles. The van der Waals surface area contributed by atoms with E-state index in [1.165, 1.54) is 45.6 Å². The zero-order valence-corrected chi connectivity index (χ0v) is 21.0. The first-order chi connectivity index (χ1) is 17.1. The highest BCUT2D eigenvalue weighted by molar-refractivity contribution is 7.90. The van der Waals surface area contributed by atoms with Crippen LogP contribution in [0.2, 0.25) is 0 Å². The number of amides is 2. The summed E-state index contributed by atoms with van der Waals surface area (Å²) in [6.45, 7) is 0. The van der Waals surface area contributed by atoms with E-state index in [4.69, 9.17) is 14.2 Å². The standard InChI is InChI=1S/C21H26N4O10S/c1-31-13(17(18(26)34-4)19(27)35-5)10-12-8-6-7-9-14(12)36(29,30)25-21(28)24-20-22-15(32-2)11-16(23-20)33-3/h6-9,11,13,17H,10H2,1-5H3,(H2,22,23,24,25,28). The van der Waals surface area contributed by atoms with E-state index >= 15 is 0 Å². The second-order valence-electron chi connectivity index (χ2n) is 6.95. The number of aromatic nitrogens is 2. The molecule has 2 N–H and O–H groups in total. The van der Waals surface area contributed by atoms with Gasteiger partial charge in [0.2, 0.25) is 17.7 Å². The number of sulfonamides is 1. The van der Waals surface area contributed by atoms with E-state index in [1.807, 2.05) is 4.72 Å². The third-order valence-corrected chi connectivity index (χ3v) is 6.25. The quantitative estimate of drug-likeness (QED) is 0.306. The van der Waals surface area contributed by atoms with Crippen LogP contribution in [0.3, 0.4) is 0 Å². The van der Waals surface area contributed by atoms with Crippen LogP contribution in [-0.2, 0) is 40.2 Å². The smallest absolute Gasteiger partial charge is 0.335 e. The van der Waals surface area contributed by atoms with Gasteiger partial charge in [-0.1, -0.05) is 18.2 Å². The molecule has 0 saturated carbocycles. The van der Waals surface area contributed by atoms with Gasteiger partial charge < -0.3 is 23.7 Å². The van der Waals surface area contributed by atoms with E-state index in [0.29, 0.717) is 0 Å². The molecule has 36 heavy (non-hydrogen) atoms. The van der Waals surface area contributed by atoms with Crippen LogP contribution in [0.25, 0.3) is 0 Å². The number of hydrogen-bond acceptors (Lipinski definition) is 12. The monoisotopic (exact) mass is 526 g/mol. The third-order valence-electron chi connectivity index (χ3n) is 4.82. The molecule has 1 aromatic heterocycles. The number of carbonyl (C=O) groups is 3. The summed E-state index contributed by atoms with van der Waals surface area (Å²) in [6, 6.07) is 5.87. The lowest BCUT2D eigenvalue weighted by Crippen LogP contribution is -2.40. The van der Waals surface area contributed by atoms with Gasteiger partial charge in [0.25, 0.3) is 10.0 Å². The average molecular weight is 527 g/mol. The number of methoxy groups -OCH3 is 5. The fourth-order valence-corrected chi connectivity index (χ4v) is 4.27. The van der Waals surface area contributed by atoms with Gasteiger partial charge in [0.15, 0.2) is 5.92 Å². The lowest BCUT2D eigenvalue weighted by molar-refractivity contribution is -0.165. The summed E-state index contributed by atoms with van der Waals surface area (Å²) in [7, 11) is 1.66. The number of carbonyl (C=O) groups excluding carboxylic acids is 3. The third kappa shape index (κ3) is 7.02. The van der Waals surface area contributed by atoms with Crippen LogP contribution < -0.4 is 19.5 Å². The van der Waals surface area contributed by atoms with Crippen molar-refractivity contribution in [1.29, 1.82) is 0 Å². The number of nitrogens with zero attached hydrogens (tertiary/aromatic N) is 2. The zero-order chi connectivity index (χ0) is 26.9. The molecule has 2 aromatic rings. The van der Waals surface area contributed by atoms with Crippen molar-refractivity contribution < 1.29 is 46.5 Å². The van der Waals surface area contributed by atoms with Crippen LogP contribution >= 0.6 is 0 Å². The number of rotatable bonds is 11. The van der Waals surface area contributed by atoms with E-state index < -0.39 is 40.0 Å². The number of benzene rings is 1. The molecular formula is C21H26N4O10S. The highest BCUT2D eigenvalue weighted by Crippen LogP contribution is 2.23. The first-order valence-electron chi connectivity index (χ1n) is 10.2. The fourth-order valence-electron chi connectivity index (χ4n) is 3.12. The van der Waals surface area contributed by atoms with Crippen molar-refractivity contribution in [2.24, 2.45) is 5.92 Å². The molecule has 196 valence electrons. The van der Waals surface area contributed by atoms with Crippen molar-refractivity contribution in [2.45, 2.75) is 17.4 Å². The van der Waals surface area contributed by atoms with E-state index in [-0.39, 0.29) is 34.6 Å². The number of anilines is 1. The first-order valence-corrected chi connectivity index (χ1v) is 11.7. The molecule has 1 unspecified atom stereocenters. The normalized spacial score (nSPS) is 11.8. The molecule has 1 atom stereocenters. The van der Waals surface area contributed by atoms with E-state index in [9.17, 15) is 22.8 Å². The number of urea groups is 1. The predicted molar refractivity (Wildman–Crippen MR) is 123 cm³/mol. The average Bonchev–Trinajstić information content (AvgIpc) is 2.87. The van der Waals surface area contributed by atoms with Crippen molar-refractivity contribution >= 4 is 33.9 Å². The van der Waals surface area contributed by atoms with Crippen LogP contribution in [0, 0.1) is 5.92 Å². The van der Waals surface area contributed by atoms with Crippen molar-refractivity contribution in [1.82, 2.24) is 14.7 Å². The van der Waals surface area contributed by atoms with Crippen molar-refractivity contribution in [3.63, 3.8) is 0 Å². The van der Waals surface area contributed by atoms with Gasteiger partial charge in [-0.05, 0) is 11.6 Å². The minimum absolute atomic E-state index is 0.0710. The summed E-state index contributed by atoms with van der Waals surface area (Å²) in [6.07, 6.45) is -1.34. The molecule has 0 fully saturated rings. The molecule has 2 rings (SSSR count). The maximum absolute atomic E-state index is 13.0. The van der Waals surface area contributed by atoms with E-state index in [0.717, 1.165) is 14.2 Å². The van der Waals surface area contributed by atoms with Crippen LogP contribution in [0.4, 0.5) is 10.7 Å². The van der Waals surface area contributed by atoms with Gasteiger partial charge >= 0.3 is 18.0 Å².